The maximum atomic E-state index is 11.6. The van der Waals surface area contributed by atoms with Gasteiger partial charge in [0.2, 0.25) is 0 Å². The third kappa shape index (κ3) is 3.15. The first-order valence-corrected chi connectivity index (χ1v) is 7.39. The van der Waals surface area contributed by atoms with E-state index < -0.39 is 0 Å². The van der Waals surface area contributed by atoms with Crippen LogP contribution < -0.4 is 9.57 Å². The number of benzene rings is 2. The maximum Gasteiger partial charge on any atom is 0.159 e. The van der Waals surface area contributed by atoms with Crippen LogP contribution in [0.5, 0.6) is 5.75 Å². The molecule has 3 rings (SSSR count). The van der Waals surface area contributed by atoms with Crippen molar-refractivity contribution in [1.29, 1.82) is 0 Å². The first-order chi connectivity index (χ1) is 11.2. The van der Waals surface area contributed by atoms with Crippen LogP contribution in [0.4, 0.5) is 0 Å². The van der Waals surface area contributed by atoms with E-state index in [0.29, 0.717) is 17.9 Å². The summed E-state index contributed by atoms with van der Waals surface area (Å²) >= 11 is 0. The highest BCUT2D eigenvalue weighted by Crippen LogP contribution is 2.21. The third-order valence-corrected chi connectivity index (χ3v) is 3.43. The van der Waals surface area contributed by atoms with Crippen molar-refractivity contribution in [2.24, 2.45) is 0 Å². The van der Waals surface area contributed by atoms with Crippen LogP contribution in [0.25, 0.3) is 11.0 Å². The molecule has 0 radical (unpaired) electrons. The number of Topliss-reactive ketones (excluding diaryl/α,β-unsaturated/α-hetero) is 1. The lowest BCUT2D eigenvalue weighted by molar-refractivity contribution is 0.0735. The van der Waals surface area contributed by atoms with Crippen LogP contribution in [0.15, 0.2) is 42.5 Å². The van der Waals surface area contributed by atoms with Gasteiger partial charge in [-0.15, -0.1) is 5.10 Å². The molecule has 0 saturated carbocycles. The molecule has 0 unspecified atom stereocenters. The molecular weight excluding hydrogens is 294 g/mol. The van der Waals surface area contributed by atoms with Crippen LogP contribution in [-0.2, 0) is 6.61 Å². The molecule has 1 aromatic heterocycles. The molecule has 0 atom stereocenters. The standard InChI is InChI=1S/C17H17N3O3/c1-3-22-17-9-8-13(12(2)21)10-14(17)11-23-20-16-7-5-4-6-15(16)18-19-20/h4-10H,3,11H2,1-2H3. The van der Waals surface area contributed by atoms with Gasteiger partial charge in [0, 0.05) is 11.1 Å². The lowest BCUT2D eigenvalue weighted by Gasteiger charge is -2.12. The number of aromatic nitrogens is 3. The molecule has 23 heavy (non-hydrogen) atoms. The summed E-state index contributed by atoms with van der Waals surface area (Å²) in [5.41, 5.74) is 2.96. The highest BCUT2D eigenvalue weighted by atomic mass is 16.7. The van der Waals surface area contributed by atoms with Gasteiger partial charge in [-0.05, 0) is 49.4 Å². The summed E-state index contributed by atoms with van der Waals surface area (Å²) in [4.78, 5) is 18.7. The zero-order chi connectivity index (χ0) is 16.2. The molecule has 0 aliphatic carbocycles. The quantitative estimate of drug-likeness (QED) is 0.655. The Bertz CT molecular complexity index is 842. The van der Waals surface area contributed by atoms with Gasteiger partial charge in [-0.2, -0.15) is 0 Å². The SMILES string of the molecule is CCOc1ccc(C(C)=O)cc1COn1nnc2ccccc21. The van der Waals surface area contributed by atoms with Gasteiger partial charge >= 0.3 is 0 Å². The van der Waals surface area contributed by atoms with Crippen molar-refractivity contribution in [2.45, 2.75) is 20.5 Å². The second kappa shape index (κ2) is 6.48. The van der Waals surface area contributed by atoms with Crippen LogP contribution in [0.2, 0.25) is 0 Å². The van der Waals surface area contributed by atoms with Crippen molar-refractivity contribution in [2.75, 3.05) is 6.61 Å². The zero-order valence-corrected chi connectivity index (χ0v) is 13.0. The number of nitrogens with zero attached hydrogens (tertiary/aromatic N) is 3. The van der Waals surface area contributed by atoms with Crippen LogP contribution >= 0.6 is 0 Å². The Kier molecular flexibility index (Phi) is 4.23. The monoisotopic (exact) mass is 311 g/mol. The van der Waals surface area contributed by atoms with Crippen molar-refractivity contribution >= 4 is 16.8 Å². The van der Waals surface area contributed by atoms with E-state index in [1.165, 1.54) is 11.8 Å². The lowest BCUT2D eigenvalue weighted by atomic mass is 10.1. The highest BCUT2D eigenvalue weighted by Gasteiger charge is 2.10. The predicted octanol–water partition coefficient (Wildman–Crippen LogP) is 2.66. The van der Waals surface area contributed by atoms with Crippen molar-refractivity contribution < 1.29 is 14.4 Å². The van der Waals surface area contributed by atoms with E-state index in [4.69, 9.17) is 9.57 Å². The zero-order valence-electron chi connectivity index (χ0n) is 13.0. The molecule has 118 valence electrons. The largest absolute Gasteiger partial charge is 0.493 e. The first kappa shape index (κ1) is 15.0. The average molecular weight is 311 g/mol. The summed E-state index contributed by atoms with van der Waals surface area (Å²) in [7, 11) is 0. The Balaban J connectivity index is 1.86. The van der Waals surface area contributed by atoms with Crippen LogP contribution in [-0.4, -0.2) is 27.5 Å². The minimum atomic E-state index is 0.000467. The molecule has 6 heteroatoms. The summed E-state index contributed by atoms with van der Waals surface area (Å²) < 4.78 is 5.59. The van der Waals surface area contributed by atoms with Gasteiger partial charge in [0.15, 0.2) is 5.78 Å². The molecule has 0 N–H and O–H groups in total. The molecule has 0 bridgehead atoms. The highest BCUT2D eigenvalue weighted by molar-refractivity contribution is 5.94. The van der Waals surface area contributed by atoms with Crippen LogP contribution in [0, 0.1) is 0 Å². The smallest absolute Gasteiger partial charge is 0.159 e. The van der Waals surface area contributed by atoms with Crippen molar-refractivity contribution in [3.63, 3.8) is 0 Å². The molecule has 1 heterocycles. The second-order valence-corrected chi connectivity index (χ2v) is 5.04. The minimum Gasteiger partial charge on any atom is -0.493 e. The van der Waals surface area contributed by atoms with E-state index in [2.05, 4.69) is 10.3 Å². The summed E-state index contributed by atoms with van der Waals surface area (Å²) in [6, 6.07) is 12.9. The van der Waals surface area contributed by atoms with Crippen molar-refractivity contribution in [3.05, 3.63) is 53.6 Å². The molecule has 0 fully saturated rings. The molecule has 0 spiro atoms. The van der Waals surface area contributed by atoms with Crippen LogP contribution in [0.3, 0.4) is 0 Å². The molecule has 6 nitrogen and oxygen atoms in total. The summed E-state index contributed by atoms with van der Waals surface area (Å²) in [6.45, 7) is 4.21. The van der Waals surface area contributed by atoms with E-state index in [0.717, 1.165) is 16.6 Å². The molecule has 0 saturated heterocycles. The van der Waals surface area contributed by atoms with E-state index in [-0.39, 0.29) is 12.4 Å². The number of carbonyl (C=O) groups is 1. The van der Waals surface area contributed by atoms with E-state index in [1.54, 1.807) is 18.2 Å². The van der Waals surface area contributed by atoms with E-state index in [9.17, 15) is 4.79 Å². The number of ether oxygens (including phenoxy) is 1. The molecule has 0 aliphatic heterocycles. The minimum absolute atomic E-state index is 0.000467. The number of hydrogen-bond donors (Lipinski definition) is 0. The molecule has 0 amide bonds. The van der Waals surface area contributed by atoms with E-state index >= 15 is 0 Å². The Morgan fingerprint density at radius 2 is 2.04 bits per heavy atom. The fraction of sp³-hybridized carbons (Fsp3) is 0.235. The Hall–Kier alpha value is -2.89. The van der Waals surface area contributed by atoms with Gasteiger partial charge < -0.3 is 9.57 Å². The molecule has 3 aromatic rings. The van der Waals surface area contributed by atoms with Gasteiger partial charge in [-0.25, -0.2) is 0 Å². The second-order valence-electron chi connectivity index (χ2n) is 5.04. The Labute approximate surface area is 133 Å². The number of carbonyl (C=O) groups excluding carboxylic acids is 1. The third-order valence-electron chi connectivity index (χ3n) is 3.43. The fourth-order valence-corrected chi connectivity index (χ4v) is 2.28. The number of para-hydroxylation sites is 1. The molecule has 0 aliphatic rings. The predicted molar refractivity (Wildman–Crippen MR) is 85.4 cm³/mol. The lowest BCUT2D eigenvalue weighted by Crippen LogP contribution is -2.14. The summed E-state index contributed by atoms with van der Waals surface area (Å²) in [5, 5.41) is 8.02. The van der Waals surface area contributed by atoms with E-state index in [1.807, 2.05) is 31.2 Å². The molecular formula is C17H17N3O3. The van der Waals surface area contributed by atoms with Crippen molar-refractivity contribution in [1.82, 2.24) is 15.2 Å². The summed E-state index contributed by atoms with van der Waals surface area (Å²) in [5.74, 6) is 0.697. The Morgan fingerprint density at radius 1 is 1.22 bits per heavy atom. The number of hydrogen-bond acceptors (Lipinski definition) is 5. The topological polar surface area (TPSA) is 66.2 Å². The van der Waals surface area contributed by atoms with Crippen molar-refractivity contribution in [3.8, 4) is 5.75 Å². The number of rotatable bonds is 6. The fourth-order valence-electron chi connectivity index (χ4n) is 2.28. The van der Waals surface area contributed by atoms with Gasteiger partial charge in [-0.1, -0.05) is 17.0 Å². The average Bonchev–Trinajstić information content (AvgIpc) is 2.97. The van der Waals surface area contributed by atoms with Gasteiger partial charge in [0.25, 0.3) is 0 Å². The van der Waals surface area contributed by atoms with Gasteiger partial charge in [-0.3, -0.25) is 4.79 Å². The normalized spacial score (nSPS) is 10.7. The Morgan fingerprint density at radius 3 is 2.83 bits per heavy atom. The first-order valence-electron chi connectivity index (χ1n) is 7.39. The number of fused-ring (bicyclic) bond motifs is 1. The van der Waals surface area contributed by atoms with Gasteiger partial charge in [0.1, 0.15) is 23.4 Å². The van der Waals surface area contributed by atoms with Gasteiger partial charge in [0.05, 0.1) is 6.61 Å². The number of ketones is 1. The molecule has 2 aromatic carbocycles. The maximum absolute atomic E-state index is 11.6. The van der Waals surface area contributed by atoms with Crippen LogP contribution in [0.1, 0.15) is 29.8 Å². The summed E-state index contributed by atoms with van der Waals surface area (Å²) in [6.07, 6.45) is 0.